The van der Waals surface area contributed by atoms with Crippen molar-refractivity contribution in [1.82, 2.24) is 4.90 Å². The first-order valence-electron chi connectivity index (χ1n) is 7.39. The molecule has 2 aliphatic rings. The van der Waals surface area contributed by atoms with Crippen molar-refractivity contribution in [3.05, 3.63) is 35.6 Å². The molecule has 1 saturated carbocycles. The number of carbonyl (C=O) groups excluding carboxylic acids is 1. The molecule has 112 valence electrons. The number of halogens is 1. The maximum atomic E-state index is 13.0. The summed E-state index contributed by atoms with van der Waals surface area (Å²) in [5, 5.41) is 9.42. The lowest BCUT2D eigenvalue weighted by molar-refractivity contribution is -0.141. The summed E-state index contributed by atoms with van der Waals surface area (Å²) in [7, 11) is 0. The predicted molar refractivity (Wildman–Crippen MR) is 74.4 cm³/mol. The number of carbonyl (C=O) groups is 2. The zero-order chi connectivity index (χ0) is 15.0. The van der Waals surface area contributed by atoms with Gasteiger partial charge in [0.15, 0.2) is 0 Å². The van der Waals surface area contributed by atoms with E-state index in [4.69, 9.17) is 0 Å². The van der Waals surface area contributed by atoms with E-state index in [1.807, 2.05) is 0 Å². The van der Waals surface area contributed by atoms with E-state index >= 15 is 0 Å². The smallest absolute Gasteiger partial charge is 0.326 e. The van der Waals surface area contributed by atoms with Crippen molar-refractivity contribution in [1.29, 1.82) is 0 Å². The van der Waals surface area contributed by atoms with Gasteiger partial charge in [0.2, 0.25) is 0 Å². The molecular weight excluding hydrogens is 273 g/mol. The number of carboxylic acids is 1. The molecule has 1 aromatic rings. The minimum absolute atomic E-state index is 0.0115. The van der Waals surface area contributed by atoms with Crippen molar-refractivity contribution in [2.24, 2.45) is 5.92 Å². The molecule has 0 radical (unpaired) electrons. The van der Waals surface area contributed by atoms with Gasteiger partial charge in [-0.3, -0.25) is 4.79 Å². The molecule has 0 unspecified atom stereocenters. The lowest BCUT2D eigenvalue weighted by Crippen LogP contribution is -2.46. The van der Waals surface area contributed by atoms with Gasteiger partial charge < -0.3 is 10.0 Å². The molecule has 1 aliphatic heterocycles. The maximum Gasteiger partial charge on any atom is 0.326 e. The number of likely N-dealkylation sites (tertiary alicyclic amines) is 1. The predicted octanol–water partition coefficient (Wildman–Crippen LogP) is 2.68. The average molecular weight is 291 g/mol. The molecule has 1 saturated heterocycles. The van der Waals surface area contributed by atoms with Crippen LogP contribution in [0.15, 0.2) is 24.3 Å². The zero-order valence-corrected chi connectivity index (χ0v) is 11.7. The van der Waals surface area contributed by atoms with Gasteiger partial charge in [0.1, 0.15) is 11.9 Å². The second-order valence-corrected chi connectivity index (χ2v) is 5.92. The lowest BCUT2D eigenvalue weighted by atomic mass is 9.84. The van der Waals surface area contributed by atoms with E-state index in [-0.39, 0.29) is 17.9 Å². The van der Waals surface area contributed by atoms with Crippen molar-refractivity contribution in [2.75, 3.05) is 0 Å². The van der Waals surface area contributed by atoms with E-state index in [0.717, 1.165) is 25.7 Å². The van der Waals surface area contributed by atoms with Gasteiger partial charge in [-0.05, 0) is 49.4 Å². The summed E-state index contributed by atoms with van der Waals surface area (Å²) >= 11 is 0. The fourth-order valence-electron chi connectivity index (χ4n) is 3.71. The molecule has 0 aromatic heterocycles. The van der Waals surface area contributed by atoms with Gasteiger partial charge >= 0.3 is 5.97 Å². The largest absolute Gasteiger partial charge is 0.480 e. The molecule has 1 amide bonds. The molecule has 1 N–H and O–H groups in total. The van der Waals surface area contributed by atoms with Gasteiger partial charge in [0, 0.05) is 11.6 Å². The fraction of sp³-hybridized carbons (Fsp3) is 0.500. The van der Waals surface area contributed by atoms with E-state index in [0.29, 0.717) is 12.0 Å². The van der Waals surface area contributed by atoms with Crippen LogP contribution in [0.3, 0.4) is 0 Å². The second kappa shape index (κ2) is 5.47. The average Bonchev–Trinajstić information content (AvgIpc) is 2.87. The Hall–Kier alpha value is -1.91. The Bertz CT molecular complexity index is 557. The normalized spacial score (nSPS) is 28.2. The Morgan fingerprint density at radius 1 is 1.14 bits per heavy atom. The third-order valence-corrected chi connectivity index (χ3v) is 4.70. The second-order valence-electron chi connectivity index (χ2n) is 5.92. The Balaban J connectivity index is 1.90. The highest BCUT2D eigenvalue weighted by molar-refractivity contribution is 5.97. The minimum Gasteiger partial charge on any atom is -0.480 e. The van der Waals surface area contributed by atoms with Crippen LogP contribution in [0.2, 0.25) is 0 Å². The topological polar surface area (TPSA) is 57.6 Å². The Kier molecular flexibility index (Phi) is 3.66. The number of hydrogen-bond acceptors (Lipinski definition) is 2. The standard InChI is InChI=1S/C16H18FNO3/c17-12-7-5-10(6-8-12)15(19)18-13-4-2-1-3-11(13)9-14(18)16(20)21/h5-8,11,13-14H,1-4,9H2,(H,20,21)/t11-,13-,14-/m0/s1. The van der Waals surface area contributed by atoms with Gasteiger partial charge in [-0.1, -0.05) is 12.8 Å². The van der Waals surface area contributed by atoms with Crippen molar-refractivity contribution >= 4 is 11.9 Å². The van der Waals surface area contributed by atoms with E-state index in [9.17, 15) is 19.1 Å². The number of nitrogens with zero attached hydrogens (tertiary/aromatic N) is 1. The number of rotatable bonds is 2. The first-order chi connectivity index (χ1) is 10.1. The minimum atomic E-state index is -0.945. The van der Waals surface area contributed by atoms with Crippen molar-refractivity contribution in [2.45, 2.75) is 44.2 Å². The van der Waals surface area contributed by atoms with E-state index < -0.39 is 17.8 Å². The van der Waals surface area contributed by atoms with Gasteiger partial charge in [0.05, 0.1) is 0 Å². The van der Waals surface area contributed by atoms with Crippen LogP contribution in [0.1, 0.15) is 42.5 Å². The van der Waals surface area contributed by atoms with Crippen molar-refractivity contribution in [3.8, 4) is 0 Å². The first kappa shape index (κ1) is 14.0. The summed E-state index contributed by atoms with van der Waals surface area (Å²) in [4.78, 5) is 25.7. The van der Waals surface area contributed by atoms with Crippen molar-refractivity contribution in [3.63, 3.8) is 0 Å². The summed E-state index contributed by atoms with van der Waals surface area (Å²) in [5.74, 6) is -1.36. The summed E-state index contributed by atoms with van der Waals surface area (Å²) < 4.78 is 13.0. The fourth-order valence-corrected chi connectivity index (χ4v) is 3.71. The molecule has 4 nitrogen and oxygen atoms in total. The third kappa shape index (κ3) is 2.52. The molecule has 3 rings (SSSR count). The number of carboxylic acid groups (broad SMARTS) is 1. The molecule has 1 heterocycles. The van der Waals surface area contributed by atoms with Crippen LogP contribution in [0.4, 0.5) is 4.39 Å². The Labute approximate surface area is 122 Å². The summed E-state index contributed by atoms with van der Waals surface area (Å²) in [5.41, 5.74) is 0.355. The van der Waals surface area contributed by atoms with Crippen LogP contribution < -0.4 is 0 Å². The molecule has 3 atom stereocenters. The van der Waals surface area contributed by atoms with Crippen LogP contribution in [-0.4, -0.2) is 34.0 Å². The number of hydrogen-bond donors (Lipinski definition) is 1. The summed E-state index contributed by atoms with van der Waals surface area (Å²) in [6.45, 7) is 0. The molecule has 21 heavy (non-hydrogen) atoms. The quantitative estimate of drug-likeness (QED) is 0.911. The van der Waals surface area contributed by atoms with Gasteiger partial charge in [-0.2, -0.15) is 0 Å². The number of benzene rings is 1. The highest BCUT2D eigenvalue weighted by atomic mass is 19.1. The van der Waals surface area contributed by atoms with E-state index in [2.05, 4.69) is 0 Å². The Morgan fingerprint density at radius 3 is 2.48 bits per heavy atom. The highest BCUT2D eigenvalue weighted by Crippen LogP contribution is 2.40. The highest BCUT2D eigenvalue weighted by Gasteiger charge is 2.47. The molecule has 1 aromatic carbocycles. The van der Waals surface area contributed by atoms with Crippen LogP contribution >= 0.6 is 0 Å². The first-order valence-corrected chi connectivity index (χ1v) is 7.39. The molecule has 2 fully saturated rings. The monoisotopic (exact) mass is 291 g/mol. The van der Waals surface area contributed by atoms with Gasteiger partial charge in [0.25, 0.3) is 5.91 Å². The summed E-state index contributed by atoms with van der Waals surface area (Å²) in [6.07, 6.45) is 4.52. The molecular formula is C16H18FNO3. The van der Waals surface area contributed by atoms with E-state index in [1.54, 1.807) is 0 Å². The molecule has 5 heteroatoms. The number of aliphatic carboxylic acids is 1. The van der Waals surface area contributed by atoms with Gasteiger partial charge in [-0.25, -0.2) is 9.18 Å². The van der Waals surface area contributed by atoms with Crippen LogP contribution in [0.5, 0.6) is 0 Å². The SMILES string of the molecule is O=C(O)[C@@H]1C[C@@H]2CCCC[C@@H]2N1C(=O)c1ccc(F)cc1. The Morgan fingerprint density at radius 2 is 1.81 bits per heavy atom. The molecule has 0 spiro atoms. The summed E-state index contributed by atoms with van der Waals surface area (Å²) in [6, 6.07) is 4.57. The van der Waals surface area contributed by atoms with Crippen molar-refractivity contribution < 1.29 is 19.1 Å². The third-order valence-electron chi connectivity index (χ3n) is 4.70. The number of fused-ring (bicyclic) bond motifs is 1. The lowest BCUT2D eigenvalue weighted by Gasteiger charge is -2.33. The van der Waals surface area contributed by atoms with Crippen LogP contribution in [0.25, 0.3) is 0 Å². The van der Waals surface area contributed by atoms with E-state index in [1.165, 1.54) is 29.2 Å². The van der Waals surface area contributed by atoms with Crippen LogP contribution in [-0.2, 0) is 4.79 Å². The zero-order valence-electron chi connectivity index (χ0n) is 11.7. The van der Waals surface area contributed by atoms with Crippen LogP contribution in [0, 0.1) is 11.7 Å². The number of amides is 1. The maximum absolute atomic E-state index is 13.0. The molecule has 1 aliphatic carbocycles. The molecule has 0 bridgehead atoms. The van der Waals surface area contributed by atoms with Gasteiger partial charge in [-0.15, -0.1) is 0 Å².